The van der Waals surface area contributed by atoms with Crippen LogP contribution in [0.4, 0.5) is 8.78 Å². The first kappa shape index (κ1) is 11.3. The van der Waals surface area contributed by atoms with Crippen LogP contribution in [0.3, 0.4) is 0 Å². The molecule has 1 aromatic heterocycles. The average Bonchev–Trinajstić information content (AvgIpc) is 2.28. The quantitative estimate of drug-likeness (QED) is 0.749. The zero-order chi connectivity index (χ0) is 12.4. The molecular formula is C12H8F2N2O. The fraction of sp³-hybridized carbons (Fsp3) is 0.0833. The third kappa shape index (κ3) is 2.50. The molecule has 0 bridgehead atoms. The van der Waals surface area contributed by atoms with Crippen molar-refractivity contribution in [2.45, 2.75) is 6.92 Å². The number of rotatable bonds is 2. The van der Waals surface area contributed by atoms with E-state index in [1.54, 1.807) is 6.92 Å². The van der Waals surface area contributed by atoms with Crippen LogP contribution in [-0.2, 0) is 0 Å². The van der Waals surface area contributed by atoms with E-state index in [-0.39, 0.29) is 11.4 Å². The highest BCUT2D eigenvalue weighted by molar-refractivity contribution is 6.06. The van der Waals surface area contributed by atoms with Crippen LogP contribution in [0.25, 0.3) is 0 Å². The van der Waals surface area contributed by atoms with E-state index in [0.717, 1.165) is 17.7 Å². The predicted molar refractivity (Wildman–Crippen MR) is 56.6 cm³/mol. The molecule has 0 N–H and O–H groups in total. The number of aryl methyl sites for hydroxylation is 1. The van der Waals surface area contributed by atoms with Crippen LogP contribution in [0, 0.1) is 18.6 Å². The first-order valence-electron chi connectivity index (χ1n) is 4.86. The van der Waals surface area contributed by atoms with Gasteiger partial charge >= 0.3 is 0 Å². The number of aromatic nitrogens is 2. The zero-order valence-corrected chi connectivity index (χ0v) is 8.95. The van der Waals surface area contributed by atoms with Crippen molar-refractivity contribution < 1.29 is 13.6 Å². The Balaban J connectivity index is 2.40. The number of hydrogen-bond donors (Lipinski definition) is 0. The smallest absolute Gasteiger partial charge is 0.230 e. The van der Waals surface area contributed by atoms with E-state index in [0.29, 0.717) is 6.07 Å². The topological polar surface area (TPSA) is 42.9 Å². The van der Waals surface area contributed by atoms with Crippen molar-refractivity contribution in [1.82, 2.24) is 9.97 Å². The van der Waals surface area contributed by atoms with Crippen molar-refractivity contribution in [3.8, 4) is 0 Å². The summed E-state index contributed by atoms with van der Waals surface area (Å²) in [6.07, 6.45) is 2.94. The normalized spacial score (nSPS) is 10.3. The van der Waals surface area contributed by atoms with Gasteiger partial charge in [-0.1, -0.05) is 0 Å². The van der Waals surface area contributed by atoms with E-state index < -0.39 is 17.4 Å². The van der Waals surface area contributed by atoms with Gasteiger partial charge in [-0.3, -0.25) is 4.79 Å². The Morgan fingerprint density at radius 2 is 1.59 bits per heavy atom. The molecule has 0 aliphatic rings. The molecule has 0 aliphatic heterocycles. The lowest BCUT2D eigenvalue weighted by atomic mass is 10.1. The molecule has 0 saturated heterocycles. The molecule has 1 heterocycles. The predicted octanol–water partition coefficient (Wildman–Crippen LogP) is 2.29. The zero-order valence-electron chi connectivity index (χ0n) is 8.95. The maximum atomic E-state index is 12.9. The summed E-state index contributed by atoms with van der Waals surface area (Å²) >= 11 is 0. The van der Waals surface area contributed by atoms with E-state index >= 15 is 0 Å². The monoisotopic (exact) mass is 234 g/mol. The number of carbonyl (C=O) groups is 1. The fourth-order valence-electron chi connectivity index (χ4n) is 1.32. The second-order valence-electron chi connectivity index (χ2n) is 3.57. The summed E-state index contributed by atoms with van der Waals surface area (Å²) < 4.78 is 25.9. The van der Waals surface area contributed by atoms with Gasteiger partial charge in [0.05, 0.1) is 0 Å². The summed E-state index contributed by atoms with van der Waals surface area (Å²) in [5.74, 6) is -2.30. The van der Waals surface area contributed by atoms with Gasteiger partial charge in [0.15, 0.2) is 0 Å². The molecule has 0 unspecified atom stereocenters. The lowest BCUT2D eigenvalue weighted by Crippen LogP contribution is -2.07. The van der Waals surface area contributed by atoms with Crippen LogP contribution >= 0.6 is 0 Å². The van der Waals surface area contributed by atoms with Gasteiger partial charge in [-0.05, 0) is 24.6 Å². The number of nitrogens with zero attached hydrogens (tertiary/aromatic N) is 2. The Bertz CT molecular complexity index is 547. The summed E-state index contributed by atoms with van der Waals surface area (Å²) in [4.78, 5) is 19.4. The molecule has 3 nitrogen and oxygen atoms in total. The largest absolute Gasteiger partial charge is 0.285 e. The molecule has 2 rings (SSSR count). The van der Waals surface area contributed by atoms with E-state index in [1.807, 2.05) is 0 Å². The minimum Gasteiger partial charge on any atom is -0.285 e. The van der Waals surface area contributed by atoms with Crippen molar-refractivity contribution in [2.75, 3.05) is 0 Å². The molecule has 0 atom stereocenters. The highest BCUT2D eigenvalue weighted by Crippen LogP contribution is 2.11. The van der Waals surface area contributed by atoms with Gasteiger partial charge in [0.1, 0.15) is 11.6 Å². The van der Waals surface area contributed by atoms with Crippen LogP contribution in [0.5, 0.6) is 0 Å². The van der Waals surface area contributed by atoms with Gasteiger partial charge in [-0.25, -0.2) is 18.7 Å². The van der Waals surface area contributed by atoms with Crippen LogP contribution in [0.1, 0.15) is 21.7 Å². The summed E-state index contributed by atoms with van der Waals surface area (Å²) in [6, 6.07) is 2.61. The maximum Gasteiger partial charge on any atom is 0.230 e. The Morgan fingerprint density at radius 3 is 2.12 bits per heavy atom. The molecule has 0 radical (unpaired) electrons. The lowest BCUT2D eigenvalue weighted by Gasteiger charge is -2.00. The molecule has 5 heteroatoms. The van der Waals surface area contributed by atoms with Crippen LogP contribution in [-0.4, -0.2) is 15.8 Å². The van der Waals surface area contributed by atoms with E-state index in [9.17, 15) is 13.6 Å². The van der Waals surface area contributed by atoms with Gasteiger partial charge in [0.2, 0.25) is 11.6 Å². The number of carbonyl (C=O) groups excluding carboxylic acids is 1. The Morgan fingerprint density at radius 1 is 1.06 bits per heavy atom. The molecule has 1 aromatic carbocycles. The third-order valence-corrected chi connectivity index (χ3v) is 2.11. The number of benzene rings is 1. The van der Waals surface area contributed by atoms with Crippen molar-refractivity contribution in [1.29, 1.82) is 0 Å². The van der Waals surface area contributed by atoms with Crippen LogP contribution in [0.2, 0.25) is 0 Å². The molecular weight excluding hydrogens is 226 g/mol. The second kappa shape index (κ2) is 4.37. The van der Waals surface area contributed by atoms with Crippen molar-refractivity contribution in [2.24, 2.45) is 0 Å². The van der Waals surface area contributed by atoms with Crippen molar-refractivity contribution in [3.05, 3.63) is 59.2 Å². The summed E-state index contributed by atoms with van der Waals surface area (Å²) in [5, 5.41) is 0. The maximum absolute atomic E-state index is 12.9. The first-order valence-corrected chi connectivity index (χ1v) is 4.86. The van der Waals surface area contributed by atoms with E-state index in [1.165, 1.54) is 12.4 Å². The lowest BCUT2D eigenvalue weighted by molar-refractivity contribution is 0.102. The van der Waals surface area contributed by atoms with Crippen molar-refractivity contribution >= 4 is 5.78 Å². The van der Waals surface area contributed by atoms with Gasteiger partial charge in [-0.2, -0.15) is 0 Å². The molecule has 0 spiro atoms. The van der Waals surface area contributed by atoms with E-state index in [4.69, 9.17) is 0 Å². The average molecular weight is 234 g/mol. The molecule has 17 heavy (non-hydrogen) atoms. The van der Waals surface area contributed by atoms with Gasteiger partial charge in [0.25, 0.3) is 0 Å². The molecule has 0 fully saturated rings. The first-order chi connectivity index (χ1) is 8.06. The van der Waals surface area contributed by atoms with E-state index in [2.05, 4.69) is 9.97 Å². The summed E-state index contributed by atoms with van der Waals surface area (Å²) in [7, 11) is 0. The van der Waals surface area contributed by atoms with Crippen LogP contribution in [0.15, 0.2) is 30.6 Å². The minimum absolute atomic E-state index is 0.0828. The number of ketones is 1. The highest BCUT2D eigenvalue weighted by atomic mass is 19.1. The van der Waals surface area contributed by atoms with Crippen molar-refractivity contribution in [3.63, 3.8) is 0 Å². The Labute approximate surface area is 96.2 Å². The SMILES string of the molecule is Cc1cnc(C(=O)c2cc(F)cc(F)c2)nc1. The Kier molecular flexibility index (Phi) is 2.91. The molecule has 2 aromatic rings. The number of hydrogen-bond acceptors (Lipinski definition) is 3. The molecule has 0 amide bonds. The molecule has 0 aliphatic carbocycles. The summed E-state index contributed by atoms with van der Waals surface area (Å²) in [5.41, 5.74) is 0.693. The molecule has 0 saturated carbocycles. The highest BCUT2D eigenvalue weighted by Gasteiger charge is 2.14. The van der Waals surface area contributed by atoms with Gasteiger partial charge in [0, 0.05) is 24.0 Å². The second-order valence-corrected chi connectivity index (χ2v) is 3.57. The summed E-state index contributed by atoms with van der Waals surface area (Å²) in [6.45, 7) is 1.77. The minimum atomic E-state index is -0.805. The van der Waals surface area contributed by atoms with Gasteiger partial charge < -0.3 is 0 Å². The van der Waals surface area contributed by atoms with Gasteiger partial charge in [-0.15, -0.1) is 0 Å². The molecule has 86 valence electrons. The Hall–Kier alpha value is -2.17. The number of halogens is 2. The fourth-order valence-corrected chi connectivity index (χ4v) is 1.32. The standard InChI is InChI=1S/C12H8F2N2O/c1-7-5-15-12(16-6-7)11(17)8-2-9(13)4-10(14)3-8/h2-6H,1H3. The van der Waals surface area contributed by atoms with Crippen LogP contribution < -0.4 is 0 Å². The third-order valence-electron chi connectivity index (χ3n) is 2.11.